The molecule has 1 atom stereocenters. The molecule has 0 aromatic carbocycles. The summed E-state index contributed by atoms with van der Waals surface area (Å²) in [5.41, 5.74) is 0.247. The molecule has 2 aromatic heterocycles. The Kier molecular flexibility index (Phi) is 3.73. The van der Waals surface area contributed by atoms with Crippen LogP contribution in [0.5, 0.6) is 0 Å². The van der Waals surface area contributed by atoms with E-state index in [9.17, 15) is 9.59 Å². The van der Waals surface area contributed by atoms with Gasteiger partial charge in [-0.3, -0.25) is 9.59 Å². The van der Waals surface area contributed by atoms with Crippen LogP contribution in [0.25, 0.3) is 9.88 Å². The molecule has 0 aliphatic carbocycles. The summed E-state index contributed by atoms with van der Waals surface area (Å²) in [7, 11) is 0. The van der Waals surface area contributed by atoms with Crippen LogP contribution in [-0.4, -0.2) is 28.0 Å². The summed E-state index contributed by atoms with van der Waals surface area (Å²) in [5.74, 6) is -1.54. The Hall–Kier alpha value is -1.73. The molecule has 2 rings (SSSR count). The average molecular weight is 282 g/mol. The molecule has 0 radical (unpaired) electrons. The zero-order chi connectivity index (χ0) is 13.1. The van der Waals surface area contributed by atoms with Crippen LogP contribution in [0.15, 0.2) is 22.9 Å². The van der Waals surface area contributed by atoms with E-state index in [0.717, 1.165) is 9.88 Å². The first kappa shape index (κ1) is 12.7. The van der Waals surface area contributed by atoms with Gasteiger partial charge in [-0.15, -0.1) is 22.7 Å². The number of aliphatic carboxylic acids is 1. The second-order valence-corrected chi connectivity index (χ2v) is 5.35. The first-order chi connectivity index (χ1) is 8.58. The monoisotopic (exact) mass is 282 g/mol. The van der Waals surface area contributed by atoms with Gasteiger partial charge in [-0.25, -0.2) is 4.98 Å². The average Bonchev–Trinajstić information content (AvgIpc) is 2.99. The fraction of sp³-hybridized carbons (Fsp3) is 0.182. The minimum absolute atomic E-state index is 0.247. The van der Waals surface area contributed by atoms with E-state index in [2.05, 4.69) is 10.3 Å². The molecule has 0 saturated carbocycles. The zero-order valence-corrected chi connectivity index (χ0v) is 11.0. The van der Waals surface area contributed by atoms with Gasteiger partial charge in [0.05, 0.1) is 4.88 Å². The maximum absolute atomic E-state index is 11.7. The van der Waals surface area contributed by atoms with Crippen molar-refractivity contribution in [2.75, 3.05) is 0 Å². The zero-order valence-electron chi connectivity index (χ0n) is 9.41. The van der Waals surface area contributed by atoms with Gasteiger partial charge in [0.1, 0.15) is 16.7 Å². The predicted molar refractivity (Wildman–Crippen MR) is 70.0 cm³/mol. The molecule has 0 aliphatic rings. The molecule has 0 fully saturated rings. The Bertz CT molecular complexity index is 563. The number of thiophene rings is 1. The lowest BCUT2D eigenvalue weighted by molar-refractivity contribution is -0.138. The number of aromatic nitrogens is 1. The first-order valence-corrected chi connectivity index (χ1v) is 6.87. The maximum Gasteiger partial charge on any atom is 0.325 e. The highest BCUT2D eigenvalue weighted by Crippen LogP contribution is 2.27. The Morgan fingerprint density at radius 1 is 1.44 bits per heavy atom. The Labute approximate surface area is 111 Å². The number of carbonyl (C=O) groups excluding carboxylic acids is 1. The quantitative estimate of drug-likeness (QED) is 0.899. The highest BCUT2D eigenvalue weighted by molar-refractivity contribution is 7.20. The number of thiazole rings is 1. The maximum atomic E-state index is 11.7. The van der Waals surface area contributed by atoms with E-state index in [1.165, 1.54) is 18.3 Å². The standard InChI is InChI=1S/C11H10N2O3S2/c1-6(11(15)16)12-9(14)7-5-18-10(13-7)8-3-2-4-17-8/h2-6H,1H3,(H,12,14)(H,15,16)/t6-/m1/s1. The van der Waals surface area contributed by atoms with E-state index < -0.39 is 17.9 Å². The van der Waals surface area contributed by atoms with E-state index >= 15 is 0 Å². The highest BCUT2D eigenvalue weighted by Gasteiger charge is 2.17. The largest absolute Gasteiger partial charge is 0.480 e. The minimum atomic E-state index is -1.07. The lowest BCUT2D eigenvalue weighted by Crippen LogP contribution is -2.38. The van der Waals surface area contributed by atoms with E-state index in [1.54, 1.807) is 16.7 Å². The molecule has 2 aromatic rings. The van der Waals surface area contributed by atoms with Crippen LogP contribution in [-0.2, 0) is 4.79 Å². The third kappa shape index (κ3) is 2.74. The summed E-state index contributed by atoms with van der Waals surface area (Å²) < 4.78 is 0. The summed E-state index contributed by atoms with van der Waals surface area (Å²) in [5, 5.41) is 15.4. The molecule has 0 saturated heterocycles. The van der Waals surface area contributed by atoms with Gasteiger partial charge >= 0.3 is 5.97 Å². The van der Waals surface area contributed by atoms with Crippen LogP contribution in [0.4, 0.5) is 0 Å². The van der Waals surface area contributed by atoms with Gasteiger partial charge in [-0.1, -0.05) is 6.07 Å². The minimum Gasteiger partial charge on any atom is -0.480 e. The molecule has 18 heavy (non-hydrogen) atoms. The Morgan fingerprint density at radius 2 is 2.22 bits per heavy atom. The summed E-state index contributed by atoms with van der Waals surface area (Å²) >= 11 is 2.90. The van der Waals surface area contributed by atoms with Gasteiger partial charge in [0.15, 0.2) is 0 Å². The van der Waals surface area contributed by atoms with Crippen molar-refractivity contribution >= 4 is 34.6 Å². The van der Waals surface area contributed by atoms with Crippen LogP contribution >= 0.6 is 22.7 Å². The fourth-order valence-electron chi connectivity index (χ4n) is 1.22. The fourth-order valence-corrected chi connectivity index (χ4v) is 2.84. The van der Waals surface area contributed by atoms with Gasteiger partial charge in [-0.05, 0) is 18.4 Å². The number of carboxylic acids is 1. The summed E-state index contributed by atoms with van der Waals surface area (Å²) in [6.07, 6.45) is 0. The Morgan fingerprint density at radius 3 is 2.83 bits per heavy atom. The Balaban J connectivity index is 2.11. The number of amides is 1. The molecule has 2 heterocycles. The first-order valence-electron chi connectivity index (χ1n) is 5.11. The molecule has 5 nitrogen and oxygen atoms in total. The van der Waals surface area contributed by atoms with Crippen molar-refractivity contribution < 1.29 is 14.7 Å². The van der Waals surface area contributed by atoms with Crippen LogP contribution in [0.1, 0.15) is 17.4 Å². The van der Waals surface area contributed by atoms with E-state index in [-0.39, 0.29) is 5.69 Å². The van der Waals surface area contributed by atoms with Crippen LogP contribution in [0.2, 0.25) is 0 Å². The number of hydrogen-bond acceptors (Lipinski definition) is 5. The predicted octanol–water partition coefficient (Wildman–Crippen LogP) is 2.07. The number of rotatable bonds is 4. The van der Waals surface area contributed by atoms with Gasteiger partial charge in [0, 0.05) is 5.38 Å². The third-order valence-electron chi connectivity index (χ3n) is 2.19. The van der Waals surface area contributed by atoms with Gasteiger partial charge < -0.3 is 10.4 Å². The van der Waals surface area contributed by atoms with Crippen molar-refractivity contribution in [3.8, 4) is 9.88 Å². The molecule has 0 spiro atoms. The molecular formula is C11H10N2O3S2. The number of carbonyl (C=O) groups is 2. The van der Waals surface area contributed by atoms with Crippen molar-refractivity contribution in [2.24, 2.45) is 0 Å². The van der Waals surface area contributed by atoms with Crippen molar-refractivity contribution in [1.29, 1.82) is 0 Å². The highest BCUT2D eigenvalue weighted by atomic mass is 32.1. The number of carboxylic acid groups (broad SMARTS) is 1. The lowest BCUT2D eigenvalue weighted by atomic mass is 10.3. The van der Waals surface area contributed by atoms with Crippen molar-refractivity contribution in [1.82, 2.24) is 10.3 Å². The summed E-state index contributed by atoms with van der Waals surface area (Å²) in [6.45, 7) is 1.41. The van der Waals surface area contributed by atoms with E-state index in [4.69, 9.17) is 5.11 Å². The molecule has 0 unspecified atom stereocenters. The van der Waals surface area contributed by atoms with Crippen LogP contribution in [0, 0.1) is 0 Å². The van der Waals surface area contributed by atoms with Gasteiger partial charge in [0.2, 0.25) is 0 Å². The van der Waals surface area contributed by atoms with Crippen LogP contribution in [0.3, 0.4) is 0 Å². The van der Waals surface area contributed by atoms with Gasteiger partial charge in [0.25, 0.3) is 5.91 Å². The smallest absolute Gasteiger partial charge is 0.325 e. The normalized spacial score (nSPS) is 12.1. The van der Waals surface area contributed by atoms with E-state index in [0.29, 0.717) is 0 Å². The number of nitrogens with one attached hydrogen (secondary N) is 1. The van der Waals surface area contributed by atoms with Crippen molar-refractivity contribution in [2.45, 2.75) is 13.0 Å². The topological polar surface area (TPSA) is 79.3 Å². The summed E-state index contributed by atoms with van der Waals surface area (Å²) in [4.78, 5) is 27.5. The number of hydrogen-bond donors (Lipinski definition) is 2. The van der Waals surface area contributed by atoms with E-state index in [1.807, 2.05) is 17.5 Å². The molecule has 2 N–H and O–H groups in total. The number of nitrogens with zero attached hydrogens (tertiary/aromatic N) is 1. The SMILES string of the molecule is C[C@@H](NC(=O)c1csc(-c2cccs2)n1)C(=O)O. The molecule has 1 amide bonds. The summed E-state index contributed by atoms with van der Waals surface area (Å²) in [6, 6.07) is 2.91. The van der Waals surface area contributed by atoms with Crippen molar-refractivity contribution in [3.05, 3.63) is 28.6 Å². The molecule has 0 aliphatic heterocycles. The lowest BCUT2D eigenvalue weighted by Gasteiger charge is -2.06. The molecule has 7 heteroatoms. The van der Waals surface area contributed by atoms with Crippen LogP contribution < -0.4 is 5.32 Å². The molecular weight excluding hydrogens is 272 g/mol. The molecule has 0 bridgehead atoms. The third-order valence-corrected chi connectivity index (χ3v) is 4.07. The molecule has 94 valence electrons. The second kappa shape index (κ2) is 5.28. The van der Waals surface area contributed by atoms with Gasteiger partial charge in [-0.2, -0.15) is 0 Å². The van der Waals surface area contributed by atoms with Crippen molar-refractivity contribution in [3.63, 3.8) is 0 Å². The second-order valence-electron chi connectivity index (χ2n) is 3.55.